The van der Waals surface area contributed by atoms with Crippen LogP contribution in [0.2, 0.25) is 0 Å². The SMILES string of the molecule is O=C(O)CCCCSCCC1C2CCC(O2)C1COc1ccccc1. The molecule has 0 saturated carbocycles. The standard InChI is InChI=1S/C20H28O4S/c21-20(22)8-4-5-12-25-13-11-16-17(19-10-9-18(16)24-19)14-23-15-6-2-1-3-7-15/h1-3,6-7,16-19H,4-5,8-14H2,(H,21,22). The molecule has 4 atom stereocenters. The molecule has 0 aromatic heterocycles. The van der Waals surface area contributed by atoms with Crippen molar-refractivity contribution in [3.63, 3.8) is 0 Å². The van der Waals surface area contributed by atoms with Crippen molar-refractivity contribution in [2.45, 2.75) is 50.7 Å². The number of hydrogen-bond donors (Lipinski definition) is 1. The van der Waals surface area contributed by atoms with Gasteiger partial charge in [0.2, 0.25) is 0 Å². The van der Waals surface area contributed by atoms with Gasteiger partial charge in [-0.15, -0.1) is 0 Å². The summed E-state index contributed by atoms with van der Waals surface area (Å²) >= 11 is 1.95. The van der Waals surface area contributed by atoms with E-state index in [1.54, 1.807) is 0 Å². The van der Waals surface area contributed by atoms with Gasteiger partial charge in [0.15, 0.2) is 0 Å². The second-order valence-electron chi connectivity index (χ2n) is 6.99. The number of para-hydroxylation sites is 1. The summed E-state index contributed by atoms with van der Waals surface area (Å²) in [5, 5.41) is 8.65. The van der Waals surface area contributed by atoms with Crippen LogP contribution < -0.4 is 4.74 Å². The van der Waals surface area contributed by atoms with E-state index in [0.717, 1.165) is 36.7 Å². The van der Waals surface area contributed by atoms with Gasteiger partial charge in [0.05, 0.1) is 18.8 Å². The molecule has 2 fully saturated rings. The number of rotatable bonds is 11. The predicted octanol–water partition coefficient (Wildman–Crippen LogP) is 4.24. The van der Waals surface area contributed by atoms with Crippen LogP contribution in [0.25, 0.3) is 0 Å². The number of thioether (sulfide) groups is 1. The predicted molar refractivity (Wildman–Crippen MR) is 100 cm³/mol. The maximum Gasteiger partial charge on any atom is 0.303 e. The molecule has 2 saturated heterocycles. The number of carbonyl (C=O) groups is 1. The van der Waals surface area contributed by atoms with Gasteiger partial charge in [-0.1, -0.05) is 18.2 Å². The highest BCUT2D eigenvalue weighted by molar-refractivity contribution is 7.99. The second-order valence-corrected chi connectivity index (χ2v) is 8.22. The molecule has 2 aliphatic rings. The minimum atomic E-state index is -0.689. The lowest BCUT2D eigenvalue weighted by atomic mass is 9.78. The molecule has 5 heteroatoms. The monoisotopic (exact) mass is 364 g/mol. The summed E-state index contributed by atoms with van der Waals surface area (Å²) in [6.07, 6.45) is 6.40. The third kappa shape index (κ3) is 5.38. The van der Waals surface area contributed by atoms with E-state index in [1.165, 1.54) is 19.3 Å². The Morgan fingerprint density at radius 1 is 1.12 bits per heavy atom. The van der Waals surface area contributed by atoms with Crippen LogP contribution in [-0.2, 0) is 9.53 Å². The minimum Gasteiger partial charge on any atom is -0.493 e. The first-order valence-corrected chi connectivity index (χ1v) is 10.5. The summed E-state index contributed by atoms with van der Waals surface area (Å²) in [7, 11) is 0. The van der Waals surface area contributed by atoms with Gasteiger partial charge >= 0.3 is 5.97 Å². The highest BCUT2D eigenvalue weighted by Crippen LogP contribution is 2.45. The van der Waals surface area contributed by atoms with E-state index in [4.69, 9.17) is 14.6 Å². The van der Waals surface area contributed by atoms with Gasteiger partial charge in [0.1, 0.15) is 5.75 Å². The minimum absolute atomic E-state index is 0.291. The maximum atomic E-state index is 10.5. The van der Waals surface area contributed by atoms with E-state index < -0.39 is 5.97 Å². The number of hydrogen-bond acceptors (Lipinski definition) is 4. The van der Waals surface area contributed by atoms with Crippen LogP contribution in [-0.4, -0.2) is 41.4 Å². The third-order valence-corrected chi connectivity index (χ3v) is 6.40. The van der Waals surface area contributed by atoms with Crippen molar-refractivity contribution in [1.29, 1.82) is 0 Å². The molecule has 2 heterocycles. The number of fused-ring (bicyclic) bond motifs is 2. The van der Waals surface area contributed by atoms with Crippen LogP contribution in [0, 0.1) is 11.8 Å². The van der Waals surface area contributed by atoms with Crippen molar-refractivity contribution in [2.24, 2.45) is 11.8 Å². The molecule has 0 radical (unpaired) electrons. The fourth-order valence-electron chi connectivity index (χ4n) is 4.01. The zero-order valence-electron chi connectivity index (χ0n) is 14.6. The van der Waals surface area contributed by atoms with Gasteiger partial charge < -0.3 is 14.6 Å². The third-order valence-electron chi connectivity index (χ3n) is 5.30. The van der Waals surface area contributed by atoms with Gasteiger partial charge in [-0.2, -0.15) is 11.8 Å². The van der Waals surface area contributed by atoms with E-state index >= 15 is 0 Å². The molecule has 0 spiro atoms. The Morgan fingerprint density at radius 2 is 1.88 bits per heavy atom. The number of ether oxygens (including phenoxy) is 2. The van der Waals surface area contributed by atoms with E-state index in [-0.39, 0.29) is 0 Å². The van der Waals surface area contributed by atoms with Crippen LogP contribution in [0.4, 0.5) is 0 Å². The van der Waals surface area contributed by atoms with Crippen LogP contribution >= 0.6 is 11.8 Å². The fraction of sp³-hybridized carbons (Fsp3) is 0.650. The van der Waals surface area contributed by atoms with Gasteiger partial charge in [-0.05, 0) is 61.7 Å². The Kier molecular flexibility index (Phi) is 7.05. The first-order valence-electron chi connectivity index (χ1n) is 9.37. The fourth-order valence-corrected chi connectivity index (χ4v) is 5.06. The van der Waals surface area contributed by atoms with E-state index in [1.807, 2.05) is 42.1 Å². The Hall–Kier alpha value is -1.20. The van der Waals surface area contributed by atoms with E-state index in [2.05, 4.69) is 0 Å². The maximum absolute atomic E-state index is 10.5. The Morgan fingerprint density at radius 3 is 2.64 bits per heavy atom. The molecule has 25 heavy (non-hydrogen) atoms. The molecule has 0 aliphatic carbocycles. The molecule has 1 aromatic rings. The second kappa shape index (κ2) is 9.48. The number of benzene rings is 1. The molecule has 0 amide bonds. The average Bonchev–Trinajstić information content (AvgIpc) is 3.21. The summed E-state index contributed by atoms with van der Waals surface area (Å²) < 4.78 is 12.2. The Bertz CT molecular complexity index is 536. The van der Waals surface area contributed by atoms with Gasteiger partial charge in [0, 0.05) is 12.3 Å². The summed E-state index contributed by atoms with van der Waals surface area (Å²) in [5.41, 5.74) is 0. The summed E-state index contributed by atoms with van der Waals surface area (Å²) in [4.78, 5) is 10.5. The molecule has 4 nitrogen and oxygen atoms in total. The molecule has 4 unspecified atom stereocenters. The highest BCUT2D eigenvalue weighted by atomic mass is 32.2. The summed E-state index contributed by atoms with van der Waals surface area (Å²) in [6.45, 7) is 0.749. The molecular formula is C20H28O4S. The lowest BCUT2D eigenvalue weighted by Crippen LogP contribution is -2.32. The quantitative estimate of drug-likeness (QED) is 0.595. The van der Waals surface area contributed by atoms with Crippen molar-refractivity contribution in [1.82, 2.24) is 0 Å². The van der Waals surface area contributed by atoms with Gasteiger partial charge in [0.25, 0.3) is 0 Å². The van der Waals surface area contributed by atoms with Crippen LogP contribution in [0.1, 0.15) is 38.5 Å². The van der Waals surface area contributed by atoms with Crippen LogP contribution in [0.15, 0.2) is 30.3 Å². The van der Waals surface area contributed by atoms with Crippen LogP contribution in [0.5, 0.6) is 5.75 Å². The first kappa shape index (κ1) is 18.6. The van der Waals surface area contributed by atoms with Crippen molar-refractivity contribution in [3.8, 4) is 5.75 Å². The largest absolute Gasteiger partial charge is 0.493 e. The lowest BCUT2D eigenvalue weighted by Gasteiger charge is -2.28. The van der Waals surface area contributed by atoms with Gasteiger partial charge in [-0.25, -0.2) is 0 Å². The van der Waals surface area contributed by atoms with Crippen molar-refractivity contribution >= 4 is 17.7 Å². The van der Waals surface area contributed by atoms with Gasteiger partial charge in [-0.3, -0.25) is 4.79 Å². The molecule has 138 valence electrons. The smallest absolute Gasteiger partial charge is 0.303 e. The lowest BCUT2D eigenvalue weighted by molar-refractivity contribution is -0.137. The zero-order valence-corrected chi connectivity index (χ0v) is 15.5. The Labute approximate surface area is 154 Å². The molecule has 1 N–H and O–H groups in total. The van der Waals surface area contributed by atoms with E-state index in [0.29, 0.717) is 30.5 Å². The molecular weight excluding hydrogens is 336 g/mol. The average molecular weight is 365 g/mol. The van der Waals surface area contributed by atoms with Crippen LogP contribution in [0.3, 0.4) is 0 Å². The zero-order chi connectivity index (χ0) is 17.5. The topological polar surface area (TPSA) is 55.8 Å². The van der Waals surface area contributed by atoms with Crippen molar-refractivity contribution < 1.29 is 19.4 Å². The normalized spacial score (nSPS) is 27.5. The van der Waals surface area contributed by atoms with E-state index in [9.17, 15) is 4.79 Å². The summed E-state index contributed by atoms with van der Waals surface area (Å²) in [5.74, 6) is 3.55. The number of unbranched alkanes of at least 4 members (excludes halogenated alkanes) is 1. The van der Waals surface area contributed by atoms with Crippen molar-refractivity contribution in [3.05, 3.63) is 30.3 Å². The Balaban J connectivity index is 1.38. The first-order chi connectivity index (χ1) is 12.2. The van der Waals surface area contributed by atoms with Crippen molar-refractivity contribution in [2.75, 3.05) is 18.1 Å². The molecule has 3 rings (SSSR count). The highest BCUT2D eigenvalue weighted by Gasteiger charge is 2.48. The molecule has 2 aliphatic heterocycles. The number of carboxylic acids is 1. The number of carboxylic acid groups (broad SMARTS) is 1. The number of aliphatic carboxylic acids is 1. The molecule has 1 aromatic carbocycles. The summed E-state index contributed by atoms with van der Waals surface area (Å²) in [6, 6.07) is 10.0. The molecule has 2 bridgehead atoms.